The molecule has 0 aromatic heterocycles. The lowest BCUT2D eigenvalue weighted by Crippen LogP contribution is -2.51. The molecule has 0 spiro atoms. The number of morpholine rings is 2. The van der Waals surface area contributed by atoms with Gasteiger partial charge in [-0.3, -0.25) is 19.4 Å². The summed E-state index contributed by atoms with van der Waals surface area (Å²) in [7, 11) is 0. The molecule has 4 atom stereocenters. The van der Waals surface area contributed by atoms with E-state index >= 15 is 0 Å². The van der Waals surface area contributed by atoms with E-state index < -0.39 is 24.0 Å². The van der Waals surface area contributed by atoms with Crippen LogP contribution in [0.5, 0.6) is 11.5 Å². The Morgan fingerprint density at radius 1 is 0.547 bits per heavy atom. The van der Waals surface area contributed by atoms with Crippen LogP contribution in [0.2, 0.25) is 20.1 Å². The lowest BCUT2D eigenvalue weighted by molar-refractivity contribution is -0.148. The molecule has 8 rings (SSSR count). The summed E-state index contributed by atoms with van der Waals surface area (Å²) in [4.78, 5) is 32.8. The third-order valence-corrected chi connectivity index (χ3v) is 13.6. The predicted octanol–water partition coefficient (Wildman–Crippen LogP) is 8.73. The number of piperidine rings is 2. The highest BCUT2D eigenvalue weighted by atomic mass is 35.5. The van der Waals surface area contributed by atoms with Crippen molar-refractivity contribution in [1.29, 1.82) is 0 Å². The molecule has 4 aromatic rings. The molecule has 0 bridgehead atoms. The minimum atomic E-state index is -0.822. The zero-order valence-corrected chi connectivity index (χ0v) is 38.7. The van der Waals surface area contributed by atoms with Crippen LogP contribution in [-0.2, 0) is 19.1 Å². The van der Waals surface area contributed by atoms with Crippen molar-refractivity contribution in [3.8, 4) is 11.5 Å². The first-order valence-corrected chi connectivity index (χ1v) is 23.4. The van der Waals surface area contributed by atoms with Gasteiger partial charge in [0.1, 0.15) is 35.8 Å². The van der Waals surface area contributed by atoms with E-state index in [1.54, 1.807) is 24.3 Å². The summed E-state index contributed by atoms with van der Waals surface area (Å²) in [6, 6.07) is 28.3. The number of carboxylic acids is 2. The molecule has 0 saturated carbocycles. The average molecular weight is 959 g/mol. The number of aliphatic carboxylic acids is 2. The van der Waals surface area contributed by atoms with Crippen molar-refractivity contribution in [3.63, 3.8) is 0 Å². The second-order valence-corrected chi connectivity index (χ2v) is 18.3. The van der Waals surface area contributed by atoms with Gasteiger partial charge in [0.05, 0.1) is 45.5 Å². The number of rotatable bonds is 14. The predicted molar refractivity (Wildman–Crippen MR) is 249 cm³/mol. The lowest BCUT2D eigenvalue weighted by atomic mass is 10.0. The van der Waals surface area contributed by atoms with E-state index in [4.69, 9.17) is 65.4 Å². The molecule has 4 saturated heterocycles. The van der Waals surface area contributed by atoms with Crippen molar-refractivity contribution in [2.75, 3.05) is 78.7 Å². The van der Waals surface area contributed by atoms with Crippen LogP contribution in [-0.4, -0.2) is 145 Å². The van der Waals surface area contributed by atoms with Gasteiger partial charge in [0, 0.05) is 77.6 Å². The molecule has 0 amide bonds. The van der Waals surface area contributed by atoms with Crippen molar-refractivity contribution >= 4 is 58.3 Å². The molecule has 4 aliphatic rings. The molecule has 12 nitrogen and oxygen atoms in total. The van der Waals surface area contributed by atoms with E-state index in [2.05, 4.69) is 9.80 Å². The van der Waals surface area contributed by atoms with Gasteiger partial charge in [-0.2, -0.15) is 0 Å². The highest BCUT2D eigenvalue weighted by Crippen LogP contribution is 2.31. The standard InChI is InChI=1S/2C24H28Cl2N2O4/c2*25-21-7-6-19(14-22(21)26)32-18-8-10-27(11-9-18)15-20-16-28(12-13-31-20)23(24(29)30)17-4-2-1-3-5-17/h2*1-7,14,18,20,23H,8-13,15-16H2,(H,29,30)/t20?,23-;20-,23-/m10/s1. The Bertz CT molecular complexity index is 1960. The Kier molecular flexibility index (Phi) is 17.9. The molecule has 4 fully saturated rings. The molecule has 4 aliphatic heterocycles. The molecule has 1 unspecified atom stereocenters. The maximum Gasteiger partial charge on any atom is 0.325 e. The molecular weight excluding hydrogens is 902 g/mol. The largest absolute Gasteiger partial charge is 0.490 e. The molecule has 0 radical (unpaired) electrons. The van der Waals surface area contributed by atoms with E-state index in [-0.39, 0.29) is 24.4 Å². The Morgan fingerprint density at radius 2 is 0.922 bits per heavy atom. The normalized spacial score (nSPS) is 21.9. The van der Waals surface area contributed by atoms with Crippen LogP contribution >= 0.6 is 46.4 Å². The number of carboxylic acid groups (broad SMARTS) is 2. The van der Waals surface area contributed by atoms with Crippen LogP contribution in [0.15, 0.2) is 97.1 Å². The SMILES string of the molecule is O=C(O)[C@@H](c1ccccc1)N1CCOC(CN2CCC(Oc3ccc(Cl)c(Cl)c3)CC2)C1.O=C(O)[C@H](c1ccccc1)N1CCO[C@@H](CN2CCC(Oc3ccc(Cl)c(Cl)c3)CC2)C1. The molecule has 344 valence electrons. The summed E-state index contributed by atoms with van der Waals surface area (Å²) in [5.74, 6) is -0.163. The van der Waals surface area contributed by atoms with Gasteiger partial charge in [-0.15, -0.1) is 0 Å². The summed E-state index contributed by atoms with van der Waals surface area (Å²) in [5, 5.41) is 21.7. The smallest absolute Gasteiger partial charge is 0.325 e. The molecule has 64 heavy (non-hydrogen) atoms. The van der Waals surface area contributed by atoms with E-state index in [0.29, 0.717) is 59.5 Å². The zero-order chi connectivity index (χ0) is 45.0. The monoisotopic (exact) mass is 956 g/mol. The second kappa shape index (κ2) is 23.7. The Balaban J connectivity index is 0.000000191. The van der Waals surface area contributed by atoms with Crippen molar-refractivity contribution in [2.24, 2.45) is 0 Å². The number of benzene rings is 4. The Labute approximate surface area is 395 Å². The lowest BCUT2D eigenvalue weighted by Gasteiger charge is -2.40. The number of hydrogen-bond donors (Lipinski definition) is 2. The van der Waals surface area contributed by atoms with Gasteiger partial charge in [0.15, 0.2) is 0 Å². The van der Waals surface area contributed by atoms with Gasteiger partial charge < -0.3 is 39.0 Å². The second-order valence-electron chi connectivity index (χ2n) is 16.7. The third-order valence-electron chi connectivity index (χ3n) is 12.1. The first kappa shape index (κ1) is 48.3. The molecule has 16 heteroatoms. The molecule has 2 N–H and O–H groups in total. The van der Waals surface area contributed by atoms with Crippen molar-refractivity contribution < 1.29 is 38.7 Å². The van der Waals surface area contributed by atoms with Gasteiger partial charge in [-0.1, -0.05) is 107 Å². The van der Waals surface area contributed by atoms with E-state index in [0.717, 1.165) is 87.6 Å². The van der Waals surface area contributed by atoms with Crippen LogP contribution in [0.3, 0.4) is 0 Å². The average Bonchev–Trinajstić information content (AvgIpc) is 3.29. The van der Waals surface area contributed by atoms with Crippen LogP contribution in [0.4, 0.5) is 0 Å². The summed E-state index contributed by atoms with van der Waals surface area (Å²) in [5.41, 5.74) is 1.61. The summed E-state index contributed by atoms with van der Waals surface area (Å²) in [6.45, 7) is 8.73. The number of ether oxygens (including phenoxy) is 4. The summed E-state index contributed by atoms with van der Waals surface area (Å²) >= 11 is 24.1. The van der Waals surface area contributed by atoms with Gasteiger partial charge in [-0.05, 0) is 61.1 Å². The van der Waals surface area contributed by atoms with Gasteiger partial charge in [-0.25, -0.2) is 0 Å². The highest BCUT2D eigenvalue weighted by Gasteiger charge is 2.35. The van der Waals surface area contributed by atoms with Crippen LogP contribution < -0.4 is 9.47 Å². The molecule has 4 aromatic carbocycles. The van der Waals surface area contributed by atoms with Crippen LogP contribution in [0, 0.1) is 0 Å². The Hall–Kier alpha value is -3.66. The molecule has 0 aliphatic carbocycles. The molecule has 4 heterocycles. The topological polar surface area (TPSA) is 124 Å². The minimum Gasteiger partial charge on any atom is -0.490 e. The number of carbonyl (C=O) groups is 2. The first-order chi connectivity index (χ1) is 31.0. The maximum atomic E-state index is 12.0. The number of nitrogens with zero attached hydrogens (tertiary/aromatic N) is 4. The summed E-state index contributed by atoms with van der Waals surface area (Å²) < 4.78 is 24.1. The van der Waals surface area contributed by atoms with E-state index in [1.807, 2.05) is 82.6 Å². The van der Waals surface area contributed by atoms with Crippen molar-refractivity contribution in [2.45, 2.75) is 62.2 Å². The molecular formula is C48H56Cl4N4O8. The maximum absolute atomic E-state index is 12.0. The third kappa shape index (κ3) is 13.7. The number of hydrogen-bond acceptors (Lipinski definition) is 10. The number of likely N-dealkylation sites (tertiary alicyclic amines) is 2. The van der Waals surface area contributed by atoms with E-state index in [1.165, 1.54) is 0 Å². The zero-order valence-electron chi connectivity index (χ0n) is 35.7. The summed E-state index contributed by atoms with van der Waals surface area (Å²) in [6.07, 6.45) is 3.92. The fourth-order valence-corrected chi connectivity index (χ4v) is 9.52. The fraction of sp³-hybridized carbons (Fsp3) is 0.458. The number of halogens is 4. The van der Waals surface area contributed by atoms with E-state index in [9.17, 15) is 19.8 Å². The van der Waals surface area contributed by atoms with Gasteiger partial charge >= 0.3 is 11.9 Å². The van der Waals surface area contributed by atoms with Gasteiger partial charge in [0.25, 0.3) is 0 Å². The first-order valence-electron chi connectivity index (χ1n) is 21.9. The van der Waals surface area contributed by atoms with Gasteiger partial charge in [0.2, 0.25) is 0 Å². The quantitative estimate of drug-likeness (QED) is 0.126. The fourth-order valence-electron chi connectivity index (χ4n) is 8.94. The Morgan fingerprint density at radius 3 is 1.27 bits per heavy atom. The minimum absolute atomic E-state index is 0.0122. The van der Waals surface area contributed by atoms with Crippen LogP contribution in [0.25, 0.3) is 0 Å². The van der Waals surface area contributed by atoms with Crippen molar-refractivity contribution in [1.82, 2.24) is 19.6 Å². The highest BCUT2D eigenvalue weighted by molar-refractivity contribution is 6.42. The van der Waals surface area contributed by atoms with Crippen molar-refractivity contribution in [3.05, 3.63) is 128 Å². The van der Waals surface area contributed by atoms with Crippen LogP contribution in [0.1, 0.15) is 48.9 Å².